The highest BCUT2D eigenvalue weighted by atomic mass is 16.5. The van der Waals surface area contributed by atoms with Crippen LogP contribution in [0.4, 0.5) is 0 Å². The largest absolute Gasteiger partial charge is 0.504 e. The molecule has 162 valence electrons. The maximum Gasteiger partial charge on any atom is 0.246 e. The summed E-state index contributed by atoms with van der Waals surface area (Å²) in [6.45, 7) is 1.01. The van der Waals surface area contributed by atoms with Gasteiger partial charge in [-0.25, -0.2) is 0 Å². The van der Waals surface area contributed by atoms with Gasteiger partial charge in [-0.1, -0.05) is 6.07 Å². The van der Waals surface area contributed by atoms with E-state index in [4.69, 9.17) is 9.15 Å². The zero-order valence-electron chi connectivity index (χ0n) is 18.0. The van der Waals surface area contributed by atoms with Gasteiger partial charge in [0.15, 0.2) is 11.5 Å². The molecule has 6 nitrogen and oxygen atoms in total. The zero-order chi connectivity index (χ0) is 21.3. The number of aromatic hydroxyl groups is 1. The number of nitrogens with zero attached hydrogens (tertiary/aromatic N) is 2. The van der Waals surface area contributed by atoms with Gasteiger partial charge >= 0.3 is 0 Å². The standard InChI is InChI=1S/C25H28N2O4/c1-26-11-10-25-17-5-6-18(27(2)21(29)8-3-15-9-12-30-14-15)24(25)31-23-20(28)7-4-16(22(23)25)13-19(17)26/h3-4,7-9,12,14,17-19,24,28H,5-6,10-11,13H2,1-2H3/b8-3+/t17-,18-,19+,24-,25-/m0/s1. The first kappa shape index (κ1) is 19.0. The third-order valence-corrected chi connectivity index (χ3v) is 8.37. The minimum atomic E-state index is -0.124. The van der Waals surface area contributed by atoms with Gasteiger partial charge in [0, 0.05) is 35.7 Å². The predicted octanol–water partition coefficient (Wildman–Crippen LogP) is 3.19. The van der Waals surface area contributed by atoms with Crippen LogP contribution in [-0.4, -0.2) is 59.6 Å². The summed E-state index contributed by atoms with van der Waals surface area (Å²) in [5, 5.41) is 10.6. The molecule has 4 aliphatic rings. The van der Waals surface area contributed by atoms with Crippen molar-refractivity contribution in [1.29, 1.82) is 0 Å². The number of rotatable bonds is 3. The second kappa shape index (κ2) is 6.63. The van der Waals surface area contributed by atoms with Crippen molar-refractivity contribution in [3.63, 3.8) is 0 Å². The number of ether oxygens (including phenoxy) is 1. The van der Waals surface area contributed by atoms with Gasteiger partial charge < -0.3 is 24.1 Å². The third kappa shape index (κ3) is 2.51. The van der Waals surface area contributed by atoms with Crippen LogP contribution in [0.1, 0.15) is 36.0 Å². The van der Waals surface area contributed by atoms with E-state index in [1.54, 1.807) is 30.7 Å². The Kier molecular flexibility index (Phi) is 4.06. The number of carbonyl (C=O) groups is 1. The molecule has 0 radical (unpaired) electrons. The van der Waals surface area contributed by atoms with E-state index in [1.165, 1.54) is 11.1 Å². The summed E-state index contributed by atoms with van der Waals surface area (Å²) >= 11 is 0. The Morgan fingerprint density at radius 1 is 1.32 bits per heavy atom. The number of hydrogen-bond acceptors (Lipinski definition) is 5. The Morgan fingerprint density at radius 3 is 3.00 bits per heavy atom. The minimum absolute atomic E-state index is 0.0282. The SMILES string of the molecule is CN1CC[C@]23c4c5ccc(O)c4O[C@H]2[C@@H](N(C)C(=O)/C=C/c2ccoc2)CC[C@H]3[C@H]1C5. The van der Waals surface area contributed by atoms with Gasteiger partial charge in [-0.15, -0.1) is 0 Å². The van der Waals surface area contributed by atoms with Crippen LogP contribution in [0.25, 0.3) is 6.08 Å². The Balaban J connectivity index is 1.38. The number of phenolic OH excluding ortho intramolecular Hbond substituents is 1. The van der Waals surface area contributed by atoms with Gasteiger partial charge in [-0.05, 0) is 69.0 Å². The molecule has 1 N–H and O–H groups in total. The van der Waals surface area contributed by atoms with Crippen LogP contribution in [0, 0.1) is 5.92 Å². The monoisotopic (exact) mass is 420 g/mol. The van der Waals surface area contributed by atoms with E-state index in [0.29, 0.717) is 17.7 Å². The van der Waals surface area contributed by atoms with Crippen molar-refractivity contribution in [3.05, 3.63) is 53.5 Å². The first-order valence-electron chi connectivity index (χ1n) is 11.2. The van der Waals surface area contributed by atoms with Crippen molar-refractivity contribution >= 4 is 12.0 Å². The average Bonchev–Trinajstić information content (AvgIpc) is 3.41. The molecule has 2 bridgehead atoms. The van der Waals surface area contributed by atoms with Crippen molar-refractivity contribution in [3.8, 4) is 11.5 Å². The van der Waals surface area contributed by atoms with Crippen molar-refractivity contribution in [2.45, 2.75) is 49.3 Å². The van der Waals surface area contributed by atoms with Gasteiger partial charge in [0.05, 0.1) is 18.6 Å². The Hall–Kier alpha value is -2.73. The number of benzene rings is 1. The second-order valence-electron chi connectivity index (χ2n) is 9.62. The molecule has 1 saturated heterocycles. The normalized spacial score (nSPS) is 33.2. The molecule has 2 fully saturated rings. The summed E-state index contributed by atoms with van der Waals surface area (Å²) in [6.07, 6.45) is 10.5. The number of phenols is 1. The van der Waals surface area contributed by atoms with Crippen molar-refractivity contribution in [2.24, 2.45) is 5.92 Å². The smallest absolute Gasteiger partial charge is 0.246 e. The fourth-order valence-corrected chi connectivity index (χ4v) is 6.93. The summed E-state index contributed by atoms with van der Waals surface area (Å²) in [5.41, 5.74) is 3.28. The minimum Gasteiger partial charge on any atom is -0.504 e. The number of likely N-dealkylation sites (tertiary alicyclic amines) is 1. The van der Waals surface area contributed by atoms with Crippen molar-refractivity contribution < 1.29 is 19.1 Å². The zero-order valence-corrected chi connectivity index (χ0v) is 18.0. The van der Waals surface area contributed by atoms with Gasteiger partial charge in [0.25, 0.3) is 0 Å². The second-order valence-corrected chi connectivity index (χ2v) is 9.62. The van der Waals surface area contributed by atoms with E-state index >= 15 is 0 Å². The molecule has 1 amide bonds. The Bertz CT molecular complexity index is 1060. The molecule has 6 heteroatoms. The lowest BCUT2D eigenvalue weighted by Crippen LogP contribution is -2.68. The molecule has 1 saturated carbocycles. The highest BCUT2D eigenvalue weighted by Crippen LogP contribution is 2.64. The lowest BCUT2D eigenvalue weighted by Gasteiger charge is -2.59. The lowest BCUT2D eigenvalue weighted by atomic mass is 9.51. The number of amides is 1. The number of furan rings is 1. The van der Waals surface area contributed by atoms with Gasteiger partial charge in [0.2, 0.25) is 5.91 Å². The molecular formula is C25H28N2O4. The molecule has 5 atom stereocenters. The highest BCUT2D eigenvalue weighted by molar-refractivity contribution is 5.91. The van der Waals surface area contributed by atoms with Crippen molar-refractivity contribution in [1.82, 2.24) is 9.80 Å². The van der Waals surface area contributed by atoms with E-state index in [0.717, 1.165) is 37.8 Å². The van der Waals surface area contributed by atoms with E-state index in [-0.39, 0.29) is 29.2 Å². The maximum atomic E-state index is 13.0. The third-order valence-electron chi connectivity index (χ3n) is 8.37. The summed E-state index contributed by atoms with van der Waals surface area (Å²) in [7, 11) is 4.11. The molecular weight excluding hydrogens is 392 g/mol. The van der Waals surface area contributed by atoms with Crippen LogP contribution in [-0.2, 0) is 16.6 Å². The maximum absolute atomic E-state index is 13.0. The molecule has 0 unspecified atom stereocenters. The summed E-state index contributed by atoms with van der Waals surface area (Å²) < 4.78 is 11.7. The summed E-state index contributed by atoms with van der Waals surface area (Å²) in [5.74, 6) is 1.35. The van der Waals surface area contributed by atoms with E-state index < -0.39 is 0 Å². The Morgan fingerprint density at radius 2 is 2.19 bits per heavy atom. The molecule has 2 aliphatic carbocycles. The molecule has 1 aromatic carbocycles. The van der Waals surface area contributed by atoms with Crippen LogP contribution in [0.2, 0.25) is 0 Å². The molecule has 6 rings (SSSR count). The van der Waals surface area contributed by atoms with Crippen LogP contribution < -0.4 is 4.74 Å². The molecule has 31 heavy (non-hydrogen) atoms. The quantitative estimate of drug-likeness (QED) is 0.773. The predicted molar refractivity (Wildman–Crippen MR) is 116 cm³/mol. The van der Waals surface area contributed by atoms with Gasteiger partial charge in [-0.2, -0.15) is 0 Å². The summed E-state index contributed by atoms with van der Waals surface area (Å²) in [6, 6.07) is 6.15. The fourth-order valence-electron chi connectivity index (χ4n) is 6.93. The van der Waals surface area contributed by atoms with E-state index in [1.807, 2.05) is 18.0 Å². The number of likely N-dealkylation sites (N-methyl/N-ethyl adjacent to an activating group) is 2. The fraction of sp³-hybridized carbons (Fsp3) is 0.480. The number of piperidine rings is 1. The number of hydrogen-bond donors (Lipinski definition) is 1. The van der Waals surface area contributed by atoms with Crippen LogP contribution >= 0.6 is 0 Å². The molecule has 2 aliphatic heterocycles. The number of carbonyl (C=O) groups excluding carboxylic acids is 1. The van der Waals surface area contributed by atoms with Crippen LogP contribution in [0.3, 0.4) is 0 Å². The first-order valence-corrected chi connectivity index (χ1v) is 11.2. The van der Waals surface area contributed by atoms with Gasteiger partial charge in [-0.3, -0.25) is 4.79 Å². The van der Waals surface area contributed by atoms with E-state index in [9.17, 15) is 9.90 Å². The van der Waals surface area contributed by atoms with E-state index in [2.05, 4.69) is 18.0 Å². The van der Waals surface area contributed by atoms with Crippen LogP contribution in [0.5, 0.6) is 11.5 Å². The topological polar surface area (TPSA) is 66.2 Å². The van der Waals surface area contributed by atoms with Crippen LogP contribution in [0.15, 0.2) is 41.2 Å². The first-order chi connectivity index (χ1) is 15.0. The summed E-state index contributed by atoms with van der Waals surface area (Å²) in [4.78, 5) is 17.4. The lowest BCUT2D eigenvalue weighted by molar-refractivity contribution is -0.134. The molecule has 3 heterocycles. The van der Waals surface area contributed by atoms with Gasteiger partial charge in [0.1, 0.15) is 6.10 Å². The molecule has 1 spiro atoms. The van der Waals surface area contributed by atoms with Crippen molar-refractivity contribution in [2.75, 3.05) is 20.6 Å². The average molecular weight is 421 g/mol. The molecule has 1 aromatic heterocycles. The molecule has 2 aromatic rings. The Labute approximate surface area is 182 Å². The highest BCUT2D eigenvalue weighted by Gasteiger charge is 2.66.